The van der Waals surface area contributed by atoms with E-state index in [9.17, 15) is 9.59 Å². The molecule has 1 fully saturated rings. The van der Waals surface area contributed by atoms with Crippen LogP contribution in [0.4, 0.5) is 5.69 Å². The maximum Gasteiger partial charge on any atom is 0.338 e. The number of nitrogens with zero attached hydrogens (tertiary/aromatic N) is 2. The Morgan fingerprint density at radius 3 is 2.60 bits per heavy atom. The number of hydrogen-bond donors (Lipinski definition) is 1. The fraction of sp³-hybridized carbons (Fsp3) is 0.429. The second-order valence-electron chi connectivity index (χ2n) is 4.89. The van der Waals surface area contributed by atoms with Gasteiger partial charge < -0.3 is 20.3 Å². The van der Waals surface area contributed by atoms with Gasteiger partial charge in [0.25, 0.3) is 5.91 Å². The van der Waals surface area contributed by atoms with E-state index in [-0.39, 0.29) is 12.5 Å². The second-order valence-corrected chi connectivity index (χ2v) is 4.89. The monoisotopic (exact) mass is 277 g/mol. The second kappa shape index (κ2) is 6.38. The first-order valence-electron chi connectivity index (χ1n) is 6.55. The molecule has 1 aliphatic heterocycles. The van der Waals surface area contributed by atoms with Gasteiger partial charge in [0.05, 0.1) is 5.56 Å². The van der Waals surface area contributed by atoms with Crippen LogP contribution in [0.15, 0.2) is 24.3 Å². The van der Waals surface area contributed by atoms with Crippen LogP contribution in [0.25, 0.3) is 0 Å². The van der Waals surface area contributed by atoms with Crippen LogP contribution >= 0.6 is 0 Å². The average molecular weight is 277 g/mol. The zero-order chi connectivity index (χ0) is 14.5. The number of carbonyl (C=O) groups is 2. The Bertz CT molecular complexity index is 496. The summed E-state index contributed by atoms with van der Waals surface area (Å²) in [5.74, 6) is -0.685. The van der Waals surface area contributed by atoms with Crippen LogP contribution in [0.1, 0.15) is 10.4 Å². The van der Waals surface area contributed by atoms with Gasteiger partial charge in [-0.3, -0.25) is 4.79 Å². The van der Waals surface area contributed by atoms with Crippen molar-refractivity contribution in [1.29, 1.82) is 0 Å². The van der Waals surface area contributed by atoms with Crippen molar-refractivity contribution in [3.8, 4) is 0 Å². The lowest BCUT2D eigenvalue weighted by Crippen LogP contribution is -2.48. The highest BCUT2D eigenvalue weighted by Crippen LogP contribution is 2.08. The minimum Gasteiger partial charge on any atom is -0.452 e. The number of nitrogen functional groups attached to an aromatic ring is 1. The van der Waals surface area contributed by atoms with Crippen molar-refractivity contribution in [2.75, 3.05) is 45.6 Å². The van der Waals surface area contributed by atoms with Crippen LogP contribution in [0.5, 0.6) is 0 Å². The Kier molecular flexibility index (Phi) is 4.57. The molecule has 0 saturated carbocycles. The molecule has 0 unspecified atom stereocenters. The van der Waals surface area contributed by atoms with Crippen molar-refractivity contribution in [3.05, 3.63) is 29.8 Å². The fourth-order valence-electron chi connectivity index (χ4n) is 2.02. The Hall–Kier alpha value is -2.08. The summed E-state index contributed by atoms with van der Waals surface area (Å²) in [7, 11) is 2.02. The summed E-state index contributed by atoms with van der Waals surface area (Å²) in [6.07, 6.45) is 0. The van der Waals surface area contributed by atoms with Crippen molar-refractivity contribution >= 4 is 17.6 Å². The summed E-state index contributed by atoms with van der Waals surface area (Å²) in [5.41, 5.74) is 6.44. The minimum absolute atomic E-state index is 0.157. The normalized spacial score (nSPS) is 15.9. The molecule has 0 bridgehead atoms. The Labute approximate surface area is 118 Å². The molecular formula is C14H19N3O3. The third kappa shape index (κ3) is 3.71. The molecule has 1 heterocycles. The smallest absolute Gasteiger partial charge is 0.338 e. The maximum absolute atomic E-state index is 11.9. The largest absolute Gasteiger partial charge is 0.452 e. The van der Waals surface area contributed by atoms with E-state index in [0.29, 0.717) is 24.3 Å². The van der Waals surface area contributed by atoms with E-state index >= 15 is 0 Å². The average Bonchev–Trinajstić information content (AvgIpc) is 2.45. The van der Waals surface area contributed by atoms with Crippen molar-refractivity contribution in [3.63, 3.8) is 0 Å². The van der Waals surface area contributed by atoms with Crippen molar-refractivity contribution in [1.82, 2.24) is 9.80 Å². The first kappa shape index (κ1) is 14.3. The molecular weight excluding hydrogens is 258 g/mol. The first-order chi connectivity index (χ1) is 9.56. The fourth-order valence-corrected chi connectivity index (χ4v) is 2.02. The summed E-state index contributed by atoms with van der Waals surface area (Å²) in [6, 6.07) is 6.50. The number of likely N-dealkylation sites (N-methyl/N-ethyl adjacent to an activating group) is 1. The predicted octanol–water partition coefficient (Wildman–Crippen LogP) is 0.200. The van der Waals surface area contributed by atoms with Gasteiger partial charge in [-0.15, -0.1) is 0 Å². The molecule has 1 amide bonds. The van der Waals surface area contributed by atoms with Gasteiger partial charge in [0.2, 0.25) is 0 Å². The standard InChI is InChI=1S/C14H19N3O3/c1-16-5-7-17(8-6-16)13(18)10-20-14(19)11-3-2-4-12(15)9-11/h2-4,9H,5-8,10,15H2,1H3. The molecule has 6 nitrogen and oxygen atoms in total. The highest BCUT2D eigenvalue weighted by molar-refractivity contribution is 5.92. The zero-order valence-electron chi connectivity index (χ0n) is 11.5. The van der Waals surface area contributed by atoms with Gasteiger partial charge in [-0.2, -0.15) is 0 Å². The topological polar surface area (TPSA) is 75.9 Å². The van der Waals surface area contributed by atoms with Gasteiger partial charge in [0.1, 0.15) is 0 Å². The quantitative estimate of drug-likeness (QED) is 0.631. The number of hydrogen-bond acceptors (Lipinski definition) is 5. The Balaban J connectivity index is 1.82. The van der Waals surface area contributed by atoms with Crippen LogP contribution in [0.3, 0.4) is 0 Å². The van der Waals surface area contributed by atoms with Crippen LogP contribution in [0.2, 0.25) is 0 Å². The lowest BCUT2D eigenvalue weighted by atomic mass is 10.2. The van der Waals surface area contributed by atoms with E-state index in [1.54, 1.807) is 23.1 Å². The van der Waals surface area contributed by atoms with Crippen LogP contribution < -0.4 is 5.73 Å². The molecule has 6 heteroatoms. The van der Waals surface area contributed by atoms with Crippen molar-refractivity contribution in [2.45, 2.75) is 0 Å². The van der Waals surface area contributed by atoms with Crippen molar-refractivity contribution in [2.24, 2.45) is 0 Å². The number of benzene rings is 1. The number of esters is 1. The maximum atomic E-state index is 11.9. The molecule has 2 rings (SSSR count). The number of rotatable bonds is 3. The third-order valence-corrected chi connectivity index (χ3v) is 3.31. The molecule has 0 aromatic heterocycles. The molecule has 20 heavy (non-hydrogen) atoms. The summed E-state index contributed by atoms with van der Waals surface area (Å²) >= 11 is 0. The summed E-state index contributed by atoms with van der Waals surface area (Å²) < 4.78 is 5.03. The van der Waals surface area contributed by atoms with Gasteiger partial charge in [-0.25, -0.2) is 4.79 Å². The lowest BCUT2D eigenvalue weighted by Gasteiger charge is -2.32. The van der Waals surface area contributed by atoms with E-state index in [1.807, 2.05) is 7.05 Å². The molecule has 1 saturated heterocycles. The SMILES string of the molecule is CN1CCN(C(=O)COC(=O)c2cccc(N)c2)CC1. The first-order valence-corrected chi connectivity index (χ1v) is 6.55. The van der Waals surface area contributed by atoms with Crippen LogP contribution in [-0.2, 0) is 9.53 Å². The van der Waals surface area contributed by atoms with E-state index in [1.165, 1.54) is 6.07 Å². The summed E-state index contributed by atoms with van der Waals surface area (Å²) in [4.78, 5) is 27.6. The molecule has 1 aromatic carbocycles. The summed E-state index contributed by atoms with van der Waals surface area (Å²) in [6.45, 7) is 2.80. The van der Waals surface area contributed by atoms with Gasteiger partial charge >= 0.3 is 5.97 Å². The Morgan fingerprint density at radius 2 is 1.95 bits per heavy atom. The highest BCUT2D eigenvalue weighted by atomic mass is 16.5. The number of ether oxygens (including phenoxy) is 1. The molecule has 1 aromatic rings. The predicted molar refractivity (Wildman–Crippen MR) is 75.2 cm³/mol. The van der Waals surface area contributed by atoms with Gasteiger partial charge in [-0.05, 0) is 25.2 Å². The highest BCUT2D eigenvalue weighted by Gasteiger charge is 2.20. The number of anilines is 1. The van der Waals surface area contributed by atoms with Gasteiger partial charge in [0, 0.05) is 31.9 Å². The summed E-state index contributed by atoms with van der Waals surface area (Å²) in [5, 5.41) is 0. The third-order valence-electron chi connectivity index (χ3n) is 3.31. The number of carbonyl (C=O) groups excluding carboxylic acids is 2. The molecule has 0 atom stereocenters. The van der Waals surface area contributed by atoms with E-state index in [2.05, 4.69) is 4.90 Å². The molecule has 108 valence electrons. The van der Waals surface area contributed by atoms with Crippen LogP contribution in [0, 0.1) is 0 Å². The Morgan fingerprint density at radius 1 is 1.25 bits per heavy atom. The van der Waals surface area contributed by atoms with E-state index < -0.39 is 5.97 Å². The minimum atomic E-state index is -0.528. The number of piperazine rings is 1. The van der Waals surface area contributed by atoms with Crippen LogP contribution in [-0.4, -0.2) is 61.5 Å². The molecule has 0 radical (unpaired) electrons. The zero-order valence-corrected chi connectivity index (χ0v) is 11.5. The van der Waals surface area contributed by atoms with Crippen molar-refractivity contribution < 1.29 is 14.3 Å². The van der Waals surface area contributed by atoms with E-state index in [4.69, 9.17) is 10.5 Å². The molecule has 2 N–H and O–H groups in total. The number of nitrogens with two attached hydrogens (primary N) is 1. The molecule has 0 aliphatic carbocycles. The number of amides is 1. The van der Waals surface area contributed by atoms with Gasteiger partial charge in [0.15, 0.2) is 6.61 Å². The van der Waals surface area contributed by atoms with Gasteiger partial charge in [-0.1, -0.05) is 6.07 Å². The lowest BCUT2D eigenvalue weighted by molar-refractivity contribution is -0.136. The molecule has 1 aliphatic rings. The molecule has 0 spiro atoms. The van der Waals surface area contributed by atoms with E-state index in [0.717, 1.165) is 13.1 Å².